The van der Waals surface area contributed by atoms with Gasteiger partial charge in [0.15, 0.2) is 31.0 Å². The van der Waals surface area contributed by atoms with Gasteiger partial charge in [0.25, 0.3) is 0 Å². The van der Waals surface area contributed by atoms with Gasteiger partial charge in [-0.1, -0.05) is 24.3 Å². The van der Waals surface area contributed by atoms with Crippen molar-refractivity contribution in [2.45, 2.75) is 126 Å². The first-order chi connectivity index (χ1) is 38.9. The summed E-state index contributed by atoms with van der Waals surface area (Å²) in [6.45, 7) is 20.4. The molecule has 0 bridgehead atoms. The number of aromatic amines is 2. The second-order valence-electron chi connectivity index (χ2n) is 22.3. The van der Waals surface area contributed by atoms with E-state index >= 15 is 0 Å². The molecule has 426 valence electrons. The number of benzene rings is 4. The van der Waals surface area contributed by atoms with E-state index < -0.39 is 30.2 Å². The summed E-state index contributed by atoms with van der Waals surface area (Å²) in [4.78, 5) is 21.8. The zero-order valence-electron chi connectivity index (χ0n) is 47.5. The number of aromatic nitrogens is 8. The van der Waals surface area contributed by atoms with E-state index in [4.69, 9.17) is 19.4 Å². The van der Waals surface area contributed by atoms with Gasteiger partial charge in [0.2, 0.25) is 11.9 Å². The Morgan fingerprint density at radius 3 is 1.42 bits per heavy atom. The quantitative estimate of drug-likeness (QED) is 0.0534. The smallest absolute Gasteiger partial charge is 0.231 e. The summed E-state index contributed by atoms with van der Waals surface area (Å²) in [7, 11) is -4.87. The monoisotopic (exact) mass is 1140 g/mol. The summed E-state index contributed by atoms with van der Waals surface area (Å²) in [6, 6.07) is 18.0. The molecular weight excluding hydrogens is 1060 g/mol. The molecule has 4 aliphatic heterocycles. The summed E-state index contributed by atoms with van der Waals surface area (Å²) in [6.07, 6.45) is 6.33. The fourth-order valence-electron chi connectivity index (χ4n) is 11.9. The number of hydrogen-bond donors (Lipinski definition) is 7. The van der Waals surface area contributed by atoms with Gasteiger partial charge < -0.3 is 41.0 Å². The van der Waals surface area contributed by atoms with E-state index in [1.165, 1.54) is 33.4 Å². The Labute approximate surface area is 473 Å². The van der Waals surface area contributed by atoms with Gasteiger partial charge in [-0.15, -0.1) is 0 Å². The van der Waals surface area contributed by atoms with Crippen LogP contribution in [0.25, 0.3) is 22.1 Å². The minimum Gasteiger partial charge on any atom is -0.491 e. The number of hydrogen-bond acceptors (Lipinski definition) is 18. The van der Waals surface area contributed by atoms with Crippen LogP contribution in [0.5, 0.6) is 11.5 Å². The number of likely N-dealkylation sites (tertiary alicyclic amines) is 1. The van der Waals surface area contributed by atoms with Crippen molar-refractivity contribution < 1.29 is 26.3 Å². The first kappa shape index (κ1) is 55.5. The lowest BCUT2D eigenvalue weighted by atomic mass is 9.83. The number of H-pyrrole nitrogens is 2. The second-order valence-corrected chi connectivity index (χ2v) is 27.2. The van der Waals surface area contributed by atoms with Crippen molar-refractivity contribution in [2.75, 3.05) is 67.7 Å². The van der Waals surface area contributed by atoms with Crippen LogP contribution in [0.15, 0.2) is 70.5 Å². The fraction of sp³-hybridized carbons (Fsp3) is 0.424. The van der Waals surface area contributed by atoms with Crippen LogP contribution in [0.2, 0.25) is 0 Å². The molecule has 4 aliphatic rings. The van der Waals surface area contributed by atoms with Crippen LogP contribution < -0.4 is 36.1 Å². The van der Waals surface area contributed by atoms with Crippen molar-refractivity contribution in [1.82, 2.24) is 50.5 Å². The third-order valence-electron chi connectivity index (χ3n) is 16.1. The number of nitrogens with zero attached hydrogens (tertiary/aromatic N) is 7. The maximum absolute atomic E-state index is 13.1. The molecule has 0 saturated carbocycles. The van der Waals surface area contributed by atoms with Crippen molar-refractivity contribution in [2.24, 2.45) is 0 Å². The highest BCUT2D eigenvalue weighted by Gasteiger charge is 2.32. The fourth-order valence-corrected chi connectivity index (χ4v) is 14.3. The van der Waals surface area contributed by atoms with E-state index in [2.05, 4.69) is 94.9 Å². The summed E-state index contributed by atoms with van der Waals surface area (Å²) in [5.74, 6) is 4.42. The highest BCUT2D eigenvalue weighted by Crippen LogP contribution is 2.46. The van der Waals surface area contributed by atoms with E-state index in [0.717, 1.165) is 99.0 Å². The minimum atomic E-state index is -3.53. The Hall–Kier alpha value is -7.40. The Kier molecular flexibility index (Phi) is 15.4. The first-order valence-electron chi connectivity index (χ1n) is 28.0. The molecule has 22 heteroatoms. The zero-order chi connectivity index (χ0) is 56.9. The van der Waals surface area contributed by atoms with Crippen LogP contribution in [0, 0.1) is 27.7 Å². The minimum absolute atomic E-state index is 0.225. The highest BCUT2D eigenvalue weighted by atomic mass is 32.2. The van der Waals surface area contributed by atoms with Crippen molar-refractivity contribution in [1.29, 1.82) is 0 Å². The third-order valence-corrected chi connectivity index (χ3v) is 20.6. The Morgan fingerprint density at radius 2 is 0.988 bits per heavy atom. The van der Waals surface area contributed by atoms with Gasteiger partial charge in [-0.2, -0.15) is 30.1 Å². The van der Waals surface area contributed by atoms with Gasteiger partial charge in [-0.25, -0.2) is 16.8 Å². The molecule has 20 nitrogen and oxygen atoms in total. The lowest BCUT2D eigenvalue weighted by Gasteiger charge is -2.31. The molecule has 0 spiro atoms. The number of sulfone groups is 2. The number of anilines is 8. The molecule has 0 aliphatic carbocycles. The topological polar surface area (TPSA) is 259 Å². The largest absolute Gasteiger partial charge is 0.491 e. The normalized spacial score (nSPS) is 16.0. The Morgan fingerprint density at radius 1 is 0.568 bits per heavy atom. The molecule has 0 amide bonds. The van der Waals surface area contributed by atoms with Crippen LogP contribution in [0.3, 0.4) is 0 Å². The lowest BCUT2D eigenvalue weighted by Crippen LogP contribution is -2.29. The maximum atomic E-state index is 13.1. The van der Waals surface area contributed by atoms with E-state index in [-0.39, 0.29) is 9.79 Å². The average Bonchev–Trinajstić information content (AvgIpc) is 4.51. The van der Waals surface area contributed by atoms with E-state index in [1.807, 2.05) is 13.8 Å². The summed E-state index contributed by atoms with van der Waals surface area (Å²) < 4.78 is 64.7. The van der Waals surface area contributed by atoms with Gasteiger partial charge in [-0.3, -0.25) is 10.2 Å². The van der Waals surface area contributed by atoms with Crippen LogP contribution in [0.4, 0.5) is 46.3 Å². The number of ether oxygens (including phenoxy) is 2. The first-order valence-corrected chi connectivity index (χ1v) is 31.1. The summed E-state index contributed by atoms with van der Waals surface area (Å²) in [5, 5.41) is 31.8. The molecule has 2 fully saturated rings. The molecule has 8 heterocycles. The van der Waals surface area contributed by atoms with Gasteiger partial charge in [0, 0.05) is 35.4 Å². The number of piperidine rings is 2. The molecule has 12 rings (SSSR count). The van der Waals surface area contributed by atoms with E-state index in [0.29, 0.717) is 82.0 Å². The average molecular weight is 1140 g/mol. The van der Waals surface area contributed by atoms with E-state index in [9.17, 15) is 16.8 Å². The summed E-state index contributed by atoms with van der Waals surface area (Å²) >= 11 is 0. The molecular formula is C59H72N14O6S2. The van der Waals surface area contributed by atoms with Gasteiger partial charge in [0.05, 0.1) is 67.0 Å². The van der Waals surface area contributed by atoms with Crippen LogP contribution >= 0.6 is 0 Å². The van der Waals surface area contributed by atoms with Crippen LogP contribution in [-0.4, -0.2) is 119 Å². The standard InChI is InChI=1S/C30H37N7O3S.C29H35N7O3S/c1-17(2)41(38,39)24-9-7-6-8-22(24)31-28-26-19(4)35-36-29(26)34-30(33-28)32-23-16-18(3)25(21-12-15-40-27(21)23)20-10-13-37(5)14-11-20;1-16(2)40(37,38)23-8-6-5-7-21(23)31-27-25-18(4)35-36-28(25)34-29(33-27)32-22-15-17(3)24(19-9-12-30-13-10-19)20-11-14-39-26(20)22/h6-9,16-17,20H,10-15H2,1-5H3,(H3,31,32,33,34,35,36);5-8,15-16,19,30H,9-14H2,1-4H3,(H3,31,32,33,34,35,36). The molecule has 7 N–H and O–H groups in total. The molecule has 4 aromatic heterocycles. The van der Waals surface area contributed by atoms with Crippen molar-refractivity contribution in [3.63, 3.8) is 0 Å². The SMILES string of the molecule is Cc1cc(Nc2nc(Nc3ccccc3S(=O)(=O)C(C)C)c3c(C)[nH]nc3n2)c2c(c1C1CCN(C)CC1)CCO2.Cc1cc(Nc2nc(Nc3ccccc3S(=O)(=O)C(C)C)c3c(C)[nH]nc3n2)c2c(c1C1CCNCC1)CCO2. The highest BCUT2D eigenvalue weighted by molar-refractivity contribution is 7.92. The molecule has 81 heavy (non-hydrogen) atoms. The molecule has 4 aromatic carbocycles. The predicted molar refractivity (Wildman–Crippen MR) is 319 cm³/mol. The van der Waals surface area contributed by atoms with Crippen LogP contribution in [-0.2, 0) is 32.5 Å². The summed E-state index contributed by atoms with van der Waals surface area (Å²) in [5.41, 5.74) is 13.0. The van der Waals surface area contributed by atoms with Crippen molar-refractivity contribution >= 4 is 88.0 Å². The number of nitrogens with one attached hydrogen (secondary N) is 7. The predicted octanol–water partition coefficient (Wildman–Crippen LogP) is 10.4. The van der Waals surface area contributed by atoms with Gasteiger partial charge >= 0.3 is 0 Å². The van der Waals surface area contributed by atoms with Gasteiger partial charge in [0.1, 0.15) is 23.1 Å². The molecule has 0 unspecified atom stereocenters. The van der Waals surface area contributed by atoms with E-state index in [1.54, 1.807) is 76.2 Å². The molecule has 2 saturated heterocycles. The number of para-hydroxylation sites is 2. The van der Waals surface area contributed by atoms with Crippen LogP contribution in [0.1, 0.15) is 110 Å². The number of rotatable bonds is 14. The van der Waals surface area contributed by atoms with Crippen molar-refractivity contribution in [3.05, 3.63) is 105 Å². The second kappa shape index (κ2) is 22.5. The number of aryl methyl sites for hydroxylation is 4. The van der Waals surface area contributed by atoms with Crippen molar-refractivity contribution in [3.8, 4) is 11.5 Å². The zero-order valence-corrected chi connectivity index (χ0v) is 49.1. The lowest BCUT2D eigenvalue weighted by molar-refractivity contribution is 0.254. The molecule has 0 radical (unpaired) electrons. The van der Waals surface area contributed by atoms with Gasteiger partial charge in [-0.05, 0) is 185 Å². The molecule has 0 atom stereocenters. The Balaban J connectivity index is 0.000000170. The third kappa shape index (κ3) is 10.9. The Bertz CT molecular complexity index is 3920. The maximum Gasteiger partial charge on any atom is 0.231 e. The number of fused-ring (bicyclic) bond motifs is 4. The molecule has 8 aromatic rings.